The van der Waals surface area contributed by atoms with Crippen LogP contribution < -0.4 is 0 Å². The Morgan fingerprint density at radius 1 is 1.29 bits per heavy atom. The summed E-state index contributed by atoms with van der Waals surface area (Å²) in [5.74, 6) is 0.290. The fourth-order valence-corrected chi connectivity index (χ4v) is 2.42. The number of aliphatic hydroxyl groups is 1. The predicted molar refractivity (Wildman–Crippen MR) is 70.8 cm³/mol. The second kappa shape index (κ2) is 5.65. The van der Waals surface area contributed by atoms with Gasteiger partial charge in [-0.2, -0.15) is 0 Å². The van der Waals surface area contributed by atoms with Crippen LogP contribution in [-0.4, -0.2) is 29.1 Å². The number of aliphatic hydroxyl groups excluding tert-OH is 1. The lowest BCUT2D eigenvalue weighted by Gasteiger charge is -2.27. The summed E-state index contributed by atoms with van der Waals surface area (Å²) in [6, 6.07) is 10.8. The molecule has 1 N–H and O–H groups in total. The average Bonchev–Trinajstić information content (AvgIpc) is 3.20. The maximum Gasteiger partial charge on any atom is 0.0827 e. The summed E-state index contributed by atoms with van der Waals surface area (Å²) < 4.78 is 0. The van der Waals surface area contributed by atoms with E-state index in [1.165, 1.54) is 12.8 Å². The van der Waals surface area contributed by atoms with Gasteiger partial charge in [0, 0.05) is 12.6 Å². The van der Waals surface area contributed by atoms with Crippen LogP contribution in [0.4, 0.5) is 0 Å². The zero-order valence-electron chi connectivity index (χ0n) is 10.8. The molecule has 0 heterocycles. The van der Waals surface area contributed by atoms with Crippen LogP contribution in [0, 0.1) is 5.92 Å². The van der Waals surface area contributed by atoms with E-state index in [-0.39, 0.29) is 12.0 Å². The summed E-state index contributed by atoms with van der Waals surface area (Å²) in [6.45, 7) is 6.44. The van der Waals surface area contributed by atoms with Gasteiger partial charge in [-0.15, -0.1) is 0 Å². The minimum absolute atomic E-state index is 0.290. The van der Waals surface area contributed by atoms with E-state index < -0.39 is 0 Å². The van der Waals surface area contributed by atoms with Gasteiger partial charge in [-0.3, -0.25) is 0 Å². The Balaban J connectivity index is 1.92. The van der Waals surface area contributed by atoms with Crippen molar-refractivity contribution in [3.63, 3.8) is 0 Å². The largest absolute Gasteiger partial charge is 0.388 e. The number of nitrogens with zero attached hydrogens (tertiary/aromatic N) is 1. The van der Waals surface area contributed by atoms with Crippen molar-refractivity contribution in [2.75, 3.05) is 13.1 Å². The Bertz CT molecular complexity index is 334. The number of hydrogen-bond donors (Lipinski definition) is 1. The van der Waals surface area contributed by atoms with Gasteiger partial charge in [0.05, 0.1) is 6.10 Å². The highest BCUT2D eigenvalue weighted by Gasteiger charge is 2.30. The smallest absolute Gasteiger partial charge is 0.0827 e. The Labute approximate surface area is 104 Å². The minimum Gasteiger partial charge on any atom is -0.388 e. The standard InChI is InChI=1S/C15H23NO/c1-3-16(14-9-10-14)11-12(2)15(17)13-7-5-4-6-8-13/h4-8,12,14-15,17H,3,9-11H2,1-2H3. The molecule has 1 aliphatic rings. The summed E-state index contributed by atoms with van der Waals surface area (Å²) >= 11 is 0. The van der Waals surface area contributed by atoms with Crippen molar-refractivity contribution in [3.05, 3.63) is 35.9 Å². The molecule has 1 aromatic carbocycles. The van der Waals surface area contributed by atoms with E-state index in [1.807, 2.05) is 30.3 Å². The molecule has 0 radical (unpaired) electrons. The molecule has 2 nitrogen and oxygen atoms in total. The van der Waals surface area contributed by atoms with Gasteiger partial charge in [-0.05, 0) is 30.9 Å². The van der Waals surface area contributed by atoms with Gasteiger partial charge in [-0.25, -0.2) is 0 Å². The van der Waals surface area contributed by atoms with Gasteiger partial charge >= 0.3 is 0 Å². The molecule has 0 bridgehead atoms. The van der Waals surface area contributed by atoms with Crippen molar-refractivity contribution in [3.8, 4) is 0 Å². The Morgan fingerprint density at radius 3 is 2.47 bits per heavy atom. The first kappa shape index (κ1) is 12.6. The van der Waals surface area contributed by atoms with E-state index >= 15 is 0 Å². The SMILES string of the molecule is CCN(CC(C)C(O)c1ccccc1)C1CC1. The Hall–Kier alpha value is -0.860. The van der Waals surface area contributed by atoms with E-state index in [9.17, 15) is 5.11 Å². The lowest BCUT2D eigenvalue weighted by molar-refractivity contribution is 0.0874. The van der Waals surface area contributed by atoms with Crippen molar-refractivity contribution in [1.82, 2.24) is 4.90 Å². The highest BCUT2D eigenvalue weighted by atomic mass is 16.3. The van der Waals surface area contributed by atoms with Crippen LogP contribution in [0.1, 0.15) is 38.4 Å². The van der Waals surface area contributed by atoms with E-state index in [0.717, 1.165) is 24.7 Å². The lowest BCUT2D eigenvalue weighted by atomic mass is 9.97. The van der Waals surface area contributed by atoms with Crippen molar-refractivity contribution in [2.24, 2.45) is 5.92 Å². The number of hydrogen-bond acceptors (Lipinski definition) is 2. The second-order valence-corrected chi connectivity index (χ2v) is 5.15. The summed E-state index contributed by atoms with van der Waals surface area (Å²) in [5.41, 5.74) is 1.03. The van der Waals surface area contributed by atoms with Crippen molar-refractivity contribution >= 4 is 0 Å². The maximum absolute atomic E-state index is 10.3. The molecular weight excluding hydrogens is 210 g/mol. The second-order valence-electron chi connectivity index (χ2n) is 5.15. The zero-order valence-corrected chi connectivity index (χ0v) is 10.8. The molecule has 94 valence electrons. The Morgan fingerprint density at radius 2 is 1.94 bits per heavy atom. The van der Waals surface area contributed by atoms with E-state index in [2.05, 4.69) is 18.7 Å². The fraction of sp³-hybridized carbons (Fsp3) is 0.600. The lowest BCUT2D eigenvalue weighted by Crippen LogP contribution is -2.32. The maximum atomic E-state index is 10.3. The molecule has 0 aromatic heterocycles. The van der Waals surface area contributed by atoms with Crippen LogP contribution in [0.2, 0.25) is 0 Å². The van der Waals surface area contributed by atoms with E-state index in [0.29, 0.717) is 0 Å². The fourth-order valence-electron chi connectivity index (χ4n) is 2.42. The Kier molecular flexibility index (Phi) is 4.19. The van der Waals surface area contributed by atoms with Crippen LogP contribution in [0.3, 0.4) is 0 Å². The monoisotopic (exact) mass is 233 g/mol. The van der Waals surface area contributed by atoms with Crippen LogP contribution in [0.5, 0.6) is 0 Å². The molecule has 2 heteroatoms. The van der Waals surface area contributed by atoms with Crippen molar-refractivity contribution < 1.29 is 5.11 Å². The number of rotatable bonds is 6. The quantitative estimate of drug-likeness (QED) is 0.816. The van der Waals surface area contributed by atoms with Crippen LogP contribution in [0.25, 0.3) is 0 Å². The number of benzene rings is 1. The normalized spacial score (nSPS) is 19.3. The molecule has 17 heavy (non-hydrogen) atoms. The first-order valence-electron chi connectivity index (χ1n) is 6.69. The first-order chi connectivity index (χ1) is 8.22. The molecule has 2 atom stereocenters. The van der Waals surface area contributed by atoms with Gasteiger partial charge in [-0.1, -0.05) is 44.2 Å². The zero-order chi connectivity index (χ0) is 12.3. The third kappa shape index (κ3) is 3.30. The molecule has 0 aliphatic heterocycles. The molecule has 0 spiro atoms. The predicted octanol–water partition coefficient (Wildman–Crippen LogP) is 2.84. The van der Waals surface area contributed by atoms with Crippen molar-refractivity contribution in [2.45, 2.75) is 38.8 Å². The van der Waals surface area contributed by atoms with Crippen molar-refractivity contribution in [1.29, 1.82) is 0 Å². The van der Waals surface area contributed by atoms with Crippen LogP contribution in [0.15, 0.2) is 30.3 Å². The van der Waals surface area contributed by atoms with Gasteiger partial charge in [0.25, 0.3) is 0 Å². The van der Waals surface area contributed by atoms with E-state index in [4.69, 9.17) is 0 Å². The van der Waals surface area contributed by atoms with Gasteiger partial charge in [0.2, 0.25) is 0 Å². The highest BCUT2D eigenvalue weighted by molar-refractivity contribution is 5.17. The summed E-state index contributed by atoms with van der Waals surface area (Å²) in [4.78, 5) is 2.50. The molecule has 2 unspecified atom stereocenters. The molecule has 2 rings (SSSR count). The van der Waals surface area contributed by atoms with E-state index in [1.54, 1.807) is 0 Å². The van der Waals surface area contributed by atoms with Gasteiger partial charge in [0.1, 0.15) is 0 Å². The summed E-state index contributed by atoms with van der Waals surface area (Å²) in [6.07, 6.45) is 2.33. The highest BCUT2D eigenvalue weighted by Crippen LogP contribution is 2.29. The average molecular weight is 233 g/mol. The van der Waals surface area contributed by atoms with Crippen LogP contribution >= 0.6 is 0 Å². The molecule has 1 aliphatic carbocycles. The third-order valence-electron chi connectivity index (χ3n) is 3.67. The summed E-state index contributed by atoms with van der Waals surface area (Å²) in [7, 11) is 0. The molecule has 0 saturated heterocycles. The third-order valence-corrected chi connectivity index (χ3v) is 3.67. The van der Waals surface area contributed by atoms with Gasteiger partial charge in [0.15, 0.2) is 0 Å². The molecule has 1 fully saturated rings. The van der Waals surface area contributed by atoms with Crippen LogP contribution in [-0.2, 0) is 0 Å². The summed E-state index contributed by atoms with van der Waals surface area (Å²) in [5, 5.41) is 10.3. The first-order valence-corrected chi connectivity index (χ1v) is 6.69. The molecular formula is C15H23NO. The topological polar surface area (TPSA) is 23.5 Å². The van der Waals surface area contributed by atoms with Gasteiger partial charge < -0.3 is 10.0 Å². The molecule has 1 aromatic rings. The minimum atomic E-state index is -0.344. The molecule has 1 saturated carbocycles. The molecule has 0 amide bonds.